The molecule has 42 heavy (non-hydrogen) atoms. The molecule has 2 amide bonds. The van der Waals surface area contributed by atoms with Gasteiger partial charge in [0.25, 0.3) is 5.91 Å². The minimum Gasteiger partial charge on any atom is -0.378 e. The Bertz CT molecular complexity index is 1840. The van der Waals surface area contributed by atoms with Crippen LogP contribution >= 0.6 is 0 Å². The molecule has 9 heteroatoms. The van der Waals surface area contributed by atoms with Crippen molar-refractivity contribution in [3.63, 3.8) is 0 Å². The third-order valence-corrected chi connectivity index (χ3v) is 7.35. The number of carbonyl (C=O) groups is 2. The second-order valence-corrected chi connectivity index (χ2v) is 10.4. The first-order chi connectivity index (χ1) is 20.5. The van der Waals surface area contributed by atoms with Crippen LogP contribution in [0.3, 0.4) is 0 Å². The van der Waals surface area contributed by atoms with Crippen molar-refractivity contribution in [2.45, 2.75) is 19.1 Å². The van der Waals surface area contributed by atoms with Gasteiger partial charge in [-0.3, -0.25) is 9.59 Å². The van der Waals surface area contributed by atoms with Crippen LogP contribution in [0.4, 0.5) is 11.4 Å². The molecule has 210 valence electrons. The van der Waals surface area contributed by atoms with Crippen LogP contribution < -0.4 is 10.2 Å². The number of fused-ring (bicyclic) bond motifs is 2. The number of nitrogens with zero attached hydrogens (tertiary/aromatic N) is 5. The number of aromatic amines is 1. The Morgan fingerprint density at radius 2 is 1.60 bits per heavy atom. The lowest BCUT2D eigenvalue weighted by Gasteiger charge is -2.31. The lowest BCUT2D eigenvalue weighted by molar-refractivity contribution is -0.140. The van der Waals surface area contributed by atoms with Gasteiger partial charge in [0.05, 0.1) is 5.52 Å². The summed E-state index contributed by atoms with van der Waals surface area (Å²) in [7, 11) is 3.93. The van der Waals surface area contributed by atoms with Crippen molar-refractivity contribution in [1.29, 1.82) is 0 Å². The first kappa shape index (κ1) is 26.8. The number of anilines is 2. The molecule has 0 aliphatic carbocycles. The molecule has 0 radical (unpaired) electrons. The Balaban J connectivity index is 1.42. The van der Waals surface area contributed by atoms with E-state index in [4.69, 9.17) is 0 Å². The number of hydrogen-bond donors (Lipinski definition) is 2. The first-order valence-corrected chi connectivity index (χ1v) is 13.7. The van der Waals surface area contributed by atoms with E-state index in [1.807, 2.05) is 128 Å². The third kappa shape index (κ3) is 5.44. The van der Waals surface area contributed by atoms with Gasteiger partial charge in [0.1, 0.15) is 18.1 Å². The highest BCUT2D eigenvalue weighted by Crippen LogP contribution is 2.32. The molecule has 0 fully saturated rings. The van der Waals surface area contributed by atoms with Crippen LogP contribution in [-0.4, -0.2) is 50.8 Å². The molecule has 9 nitrogen and oxygen atoms in total. The van der Waals surface area contributed by atoms with Gasteiger partial charge in [0.15, 0.2) is 0 Å². The van der Waals surface area contributed by atoms with Gasteiger partial charge in [0, 0.05) is 54.7 Å². The average molecular weight is 558 g/mol. The van der Waals surface area contributed by atoms with Crippen molar-refractivity contribution in [3.05, 3.63) is 120 Å². The van der Waals surface area contributed by atoms with Gasteiger partial charge >= 0.3 is 0 Å². The number of H-pyrrole nitrogens is 1. The average Bonchev–Trinajstić information content (AvgIpc) is 3.62. The number of amides is 2. The molecular weight excluding hydrogens is 526 g/mol. The second kappa shape index (κ2) is 11.6. The van der Waals surface area contributed by atoms with Gasteiger partial charge in [-0.2, -0.15) is 0 Å². The molecule has 0 spiro atoms. The lowest BCUT2D eigenvalue weighted by atomic mass is 10.0. The zero-order valence-corrected chi connectivity index (χ0v) is 23.4. The number of hydrogen-bond acceptors (Lipinski definition) is 5. The summed E-state index contributed by atoms with van der Waals surface area (Å²) in [5.74, 6) is -0.576. The molecular formula is C33H31N7O2. The van der Waals surface area contributed by atoms with E-state index in [2.05, 4.69) is 20.6 Å². The normalized spacial score (nSPS) is 11.9. The van der Waals surface area contributed by atoms with E-state index in [0.29, 0.717) is 16.8 Å². The summed E-state index contributed by atoms with van der Waals surface area (Å²) in [6.45, 7) is 0.153. The maximum Gasteiger partial charge on any atom is 0.251 e. The summed E-state index contributed by atoms with van der Waals surface area (Å²) >= 11 is 0. The van der Waals surface area contributed by atoms with E-state index in [-0.39, 0.29) is 24.9 Å². The maximum absolute atomic E-state index is 14.3. The Morgan fingerprint density at radius 1 is 0.881 bits per heavy atom. The number of benzene rings is 4. The van der Waals surface area contributed by atoms with Crippen LogP contribution in [0.5, 0.6) is 0 Å². The lowest BCUT2D eigenvalue weighted by Crippen LogP contribution is -2.42. The van der Waals surface area contributed by atoms with Crippen LogP contribution in [-0.2, 0) is 22.7 Å². The van der Waals surface area contributed by atoms with E-state index in [0.717, 1.165) is 27.7 Å². The highest BCUT2D eigenvalue weighted by atomic mass is 16.2. The van der Waals surface area contributed by atoms with Gasteiger partial charge in [-0.05, 0) is 48.0 Å². The van der Waals surface area contributed by atoms with E-state index in [1.54, 1.807) is 9.58 Å². The van der Waals surface area contributed by atoms with Gasteiger partial charge in [-0.15, -0.1) is 5.10 Å². The zero-order valence-electron chi connectivity index (χ0n) is 23.4. The van der Waals surface area contributed by atoms with Gasteiger partial charge < -0.3 is 20.1 Å². The van der Waals surface area contributed by atoms with Crippen LogP contribution in [0.2, 0.25) is 0 Å². The van der Waals surface area contributed by atoms with Crippen molar-refractivity contribution in [1.82, 2.24) is 24.9 Å². The Kier molecular flexibility index (Phi) is 7.38. The molecule has 0 aliphatic rings. The van der Waals surface area contributed by atoms with Crippen molar-refractivity contribution < 1.29 is 9.59 Å². The standard InChI is InChI=1S/C33H31N7O2/c1-38(2)25-18-16-24(17-19-25)35-33(42)32(27-20-34-28-13-7-6-12-26(27)28)39(21-23-10-4-3-5-11-23)31(41)22-40-30-15-9-8-14-29(30)36-37-40/h3-20,32,34H,21-22H2,1-2H3,(H,35,42). The number of carbonyl (C=O) groups excluding carboxylic acids is 2. The Labute approximate surface area is 243 Å². The number of rotatable bonds is 9. The van der Waals surface area contributed by atoms with Crippen LogP contribution in [0.1, 0.15) is 17.2 Å². The summed E-state index contributed by atoms with van der Waals surface area (Å²) in [4.78, 5) is 35.4. The highest BCUT2D eigenvalue weighted by molar-refractivity contribution is 6.01. The minimum absolute atomic E-state index is 0.0724. The molecule has 0 saturated carbocycles. The summed E-state index contributed by atoms with van der Waals surface area (Å²) in [6.07, 6.45) is 1.82. The smallest absolute Gasteiger partial charge is 0.251 e. The molecule has 0 bridgehead atoms. The SMILES string of the molecule is CN(C)c1ccc(NC(=O)C(c2c[nH]c3ccccc23)N(Cc2ccccc2)C(=O)Cn2nnc3ccccc32)cc1. The van der Waals surface area contributed by atoms with E-state index >= 15 is 0 Å². The Morgan fingerprint density at radius 3 is 2.38 bits per heavy atom. The van der Waals surface area contributed by atoms with E-state index in [9.17, 15) is 9.59 Å². The minimum atomic E-state index is -0.933. The van der Waals surface area contributed by atoms with Crippen molar-refractivity contribution >= 4 is 45.1 Å². The number of nitrogens with one attached hydrogen (secondary N) is 2. The number of para-hydroxylation sites is 2. The molecule has 4 aromatic carbocycles. The Hall–Kier alpha value is -5.44. The molecule has 1 unspecified atom stereocenters. The molecule has 6 rings (SSSR count). The summed E-state index contributed by atoms with van der Waals surface area (Å²) in [6, 6.07) is 31.7. The van der Waals surface area contributed by atoms with Crippen LogP contribution in [0.15, 0.2) is 109 Å². The van der Waals surface area contributed by atoms with E-state index < -0.39 is 6.04 Å². The van der Waals surface area contributed by atoms with Crippen molar-refractivity contribution in [2.75, 3.05) is 24.3 Å². The summed E-state index contributed by atoms with van der Waals surface area (Å²) in [5, 5.41) is 12.4. The monoisotopic (exact) mass is 557 g/mol. The largest absolute Gasteiger partial charge is 0.378 e. The van der Waals surface area contributed by atoms with Crippen LogP contribution in [0.25, 0.3) is 21.9 Å². The van der Waals surface area contributed by atoms with Gasteiger partial charge in [0.2, 0.25) is 5.91 Å². The molecule has 0 saturated heterocycles. The molecule has 1 atom stereocenters. The van der Waals surface area contributed by atoms with Gasteiger partial charge in [-0.1, -0.05) is 65.9 Å². The number of aromatic nitrogens is 4. The predicted octanol–water partition coefficient (Wildman–Crippen LogP) is 5.39. The van der Waals surface area contributed by atoms with Gasteiger partial charge in [-0.25, -0.2) is 4.68 Å². The van der Waals surface area contributed by atoms with E-state index in [1.165, 1.54) is 0 Å². The topological polar surface area (TPSA) is 99.2 Å². The molecule has 0 aliphatic heterocycles. The fourth-order valence-electron chi connectivity index (χ4n) is 5.18. The van der Waals surface area contributed by atoms with Crippen molar-refractivity contribution in [3.8, 4) is 0 Å². The molecule has 6 aromatic rings. The zero-order chi connectivity index (χ0) is 29.1. The van der Waals surface area contributed by atoms with Crippen molar-refractivity contribution in [2.24, 2.45) is 0 Å². The summed E-state index contributed by atoms with van der Waals surface area (Å²) < 4.78 is 1.58. The first-order valence-electron chi connectivity index (χ1n) is 13.7. The quantitative estimate of drug-likeness (QED) is 0.248. The fraction of sp³-hybridized carbons (Fsp3) is 0.152. The fourth-order valence-corrected chi connectivity index (χ4v) is 5.18. The molecule has 2 aromatic heterocycles. The predicted molar refractivity (Wildman–Crippen MR) is 165 cm³/mol. The molecule has 2 heterocycles. The highest BCUT2D eigenvalue weighted by Gasteiger charge is 2.34. The molecule has 2 N–H and O–H groups in total. The van der Waals surface area contributed by atoms with Crippen LogP contribution in [0, 0.1) is 0 Å². The summed E-state index contributed by atoms with van der Waals surface area (Å²) in [5.41, 5.74) is 5.61. The maximum atomic E-state index is 14.3. The second-order valence-electron chi connectivity index (χ2n) is 10.4. The third-order valence-electron chi connectivity index (χ3n) is 7.35.